The van der Waals surface area contributed by atoms with E-state index in [1.807, 2.05) is 52.2 Å². The third-order valence-corrected chi connectivity index (χ3v) is 2.35. The van der Waals surface area contributed by atoms with E-state index in [1.54, 1.807) is 0 Å². The van der Waals surface area contributed by atoms with Gasteiger partial charge in [0.2, 0.25) is 0 Å². The van der Waals surface area contributed by atoms with Crippen molar-refractivity contribution in [3.05, 3.63) is 29.8 Å². The van der Waals surface area contributed by atoms with Gasteiger partial charge in [-0.3, -0.25) is 4.99 Å². The predicted molar refractivity (Wildman–Crippen MR) is 76.4 cm³/mol. The molecule has 0 aliphatic rings. The molecule has 1 aromatic carbocycles. The summed E-state index contributed by atoms with van der Waals surface area (Å²) in [6.45, 7) is 5.62. The number of hydrogen-bond donors (Lipinski definition) is 1. The highest BCUT2D eigenvalue weighted by Gasteiger charge is 2.01. The Labute approximate surface area is 109 Å². The van der Waals surface area contributed by atoms with Crippen LogP contribution in [-0.2, 0) is 0 Å². The molecule has 1 rings (SSSR count). The van der Waals surface area contributed by atoms with Gasteiger partial charge in [0.1, 0.15) is 11.6 Å². The summed E-state index contributed by atoms with van der Waals surface area (Å²) >= 11 is 0. The maximum atomic E-state index is 5.92. The minimum absolute atomic E-state index is 0.182. The first kappa shape index (κ1) is 14.5. The van der Waals surface area contributed by atoms with E-state index in [-0.39, 0.29) is 6.10 Å². The Bertz CT molecular complexity index is 383. The largest absolute Gasteiger partial charge is 0.491 e. The third-order valence-electron chi connectivity index (χ3n) is 2.35. The van der Waals surface area contributed by atoms with Crippen molar-refractivity contribution < 1.29 is 4.74 Å². The van der Waals surface area contributed by atoms with Crippen LogP contribution in [-0.4, -0.2) is 44.0 Å². The second kappa shape index (κ2) is 7.01. The fourth-order valence-corrected chi connectivity index (χ4v) is 1.44. The molecule has 0 bridgehead atoms. The summed E-state index contributed by atoms with van der Waals surface area (Å²) in [6, 6.07) is 7.71. The second-order valence-electron chi connectivity index (χ2n) is 4.76. The smallest absolute Gasteiger partial charge is 0.125 e. The SMILES string of the molecule is CC(C)Oc1ccc(C(N)=NCCN(C)C)cc1. The fraction of sp³-hybridized carbons (Fsp3) is 0.500. The molecule has 1 aromatic rings. The van der Waals surface area contributed by atoms with Crippen LogP contribution < -0.4 is 10.5 Å². The van der Waals surface area contributed by atoms with Gasteiger partial charge < -0.3 is 15.4 Å². The number of nitrogens with two attached hydrogens (primary N) is 1. The standard InChI is InChI=1S/C14H23N3O/c1-11(2)18-13-7-5-12(6-8-13)14(15)16-9-10-17(3)4/h5-8,11H,9-10H2,1-4H3,(H2,15,16). The van der Waals surface area contributed by atoms with Crippen LogP contribution >= 0.6 is 0 Å². The van der Waals surface area contributed by atoms with Crippen molar-refractivity contribution in [2.24, 2.45) is 10.7 Å². The summed E-state index contributed by atoms with van der Waals surface area (Å²) in [7, 11) is 4.04. The van der Waals surface area contributed by atoms with Crippen LogP contribution in [0.5, 0.6) is 5.75 Å². The van der Waals surface area contributed by atoms with Crippen LogP contribution in [0, 0.1) is 0 Å². The topological polar surface area (TPSA) is 50.9 Å². The minimum Gasteiger partial charge on any atom is -0.491 e. The summed E-state index contributed by atoms with van der Waals surface area (Å²) < 4.78 is 5.57. The van der Waals surface area contributed by atoms with Gasteiger partial charge >= 0.3 is 0 Å². The molecule has 0 amide bonds. The van der Waals surface area contributed by atoms with Crippen LogP contribution in [0.1, 0.15) is 19.4 Å². The van der Waals surface area contributed by atoms with E-state index in [0.29, 0.717) is 12.4 Å². The molecular weight excluding hydrogens is 226 g/mol. The summed E-state index contributed by atoms with van der Waals surface area (Å²) in [4.78, 5) is 6.42. The highest BCUT2D eigenvalue weighted by atomic mass is 16.5. The first-order valence-corrected chi connectivity index (χ1v) is 6.21. The van der Waals surface area contributed by atoms with Crippen molar-refractivity contribution in [1.29, 1.82) is 0 Å². The monoisotopic (exact) mass is 249 g/mol. The Balaban J connectivity index is 2.61. The van der Waals surface area contributed by atoms with Crippen molar-refractivity contribution in [1.82, 2.24) is 4.90 Å². The summed E-state index contributed by atoms with van der Waals surface area (Å²) in [6.07, 6.45) is 0.182. The number of amidine groups is 1. The quantitative estimate of drug-likeness (QED) is 0.617. The zero-order chi connectivity index (χ0) is 13.5. The summed E-state index contributed by atoms with van der Waals surface area (Å²) in [5.41, 5.74) is 6.86. The van der Waals surface area contributed by atoms with Crippen molar-refractivity contribution in [3.8, 4) is 5.75 Å². The van der Waals surface area contributed by atoms with E-state index in [4.69, 9.17) is 10.5 Å². The minimum atomic E-state index is 0.182. The molecule has 0 saturated heterocycles. The Kier molecular flexibility index (Phi) is 5.65. The Hall–Kier alpha value is -1.55. The molecule has 0 heterocycles. The van der Waals surface area contributed by atoms with Crippen molar-refractivity contribution in [3.63, 3.8) is 0 Å². The molecule has 18 heavy (non-hydrogen) atoms. The van der Waals surface area contributed by atoms with Gasteiger partial charge in [0.05, 0.1) is 12.6 Å². The Morgan fingerprint density at radius 3 is 2.39 bits per heavy atom. The lowest BCUT2D eigenvalue weighted by Crippen LogP contribution is -2.19. The van der Waals surface area contributed by atoms with E-state index in [1.165, 1.54) is 0 Å². The van der Waals surface area contributed by atoms with Gasteiger partial charge in [-0.2, -0.15) is 0 Å². The number of nitrogens with zero attached hydrogens (tertiary/aromatic N) is 2. The number of ether oxygens (including phenoxy) is 1. The number of likely N-dealkylation sites (N-methyl/N-ethyl adjacent to an activating group) is 1. The van der Waals surface area contributed by atoms with Gasteiger partial charge in [0.25, 0.3) is 0 Å². The van der Waals surface area contributed by atoms with E-state index in [9.17, 15) is 0 Å². The summed E-state index contributed by atoms with van der Waals surface area (Å²) in [5.74, 6) is 1.43. The Morgan fingerprint density at radius 2 is 1.89 bits per heavy atom. The number of hydrogen-bond acceptors (Lipinski definition) is 3. The molecule has 2 N–H and O–H groups in total. The lowest BCUT2D eigenvalue weighted by Gasteiger charge is -2.10. The molecule has 0 atom stereocenters. The molecule has 0 aromatic heterocycles. The van der Waals surface area contributed by atoms with Gasteiger partial charge in [-0.25, -0.2) is 0 Å². The van der Waals surface area contributed by atoms with Crippen molar-refractivity contribution in [2.75, 3.05) is 27.2 Å². The molecule has 0 aliphatic heterocycles. The highest BCUT2D eigenvalue weighted by Crippen LogP contribution is 2.13. The Morgan fingerprint density at radius 1 is 1.28 bits per heavy atom. The third kappa shape index (κ3) is 5.19. The molecule has 4 heteroatoms. The van der Waals surface area contributed by atoms with E-state index < -0.39 is 0 Å². The number of benzene rings is 1. The van der Waals surface area contributed by atoms with E-state index in [0.717, 1.165) is 17.9 Å². The van der Waals surface area contributed by atoms with Crippen molar-refractivity contribution in [2.45, 2.75) is 20.0 Å². The molecule has 0 fully saturated rings. The summed E-state index contributed by atoms with van der Waals surface area (Å²) in [5, 5.41) is 0. The van der Waals surface area contributed by atoms with Crippen molar-refractivity contribution >= 4 is 5.84 Å². The average Bonchev–Trinajstić information content (AvgIpc) is 2.28. The van der Waals surface area contributed by atoms with Gasteiger partial charge in [-0.1, -0.05) is 0 Å². The van der Waals surface area contributed by atoms with Gasteiger partial charge in [-0.05, 0) is 52.2 Å². The van der Waals surface area contributed by atoms with E-state index in [2.05, 4.69) is 9.89 Å². The number of rotatable bonds is 6. The molecule has 0 saturated carbocycles. The van der Waals surface area contributed by atoms with Crippen LogP contribution in [0.3, 0.4) is 0 Å². The van der Waals surface area contributed by atoms with Gasteiger partial charge in [-0.15, -0.1) is 0 Å². The van der Waals surface area contributed by atoms with Gasteiger partial charge in [0, 0.05) is 12.1 Å². The van der Waals surface area contributed by atoms with Crippen LogP contribution in [0.4, 0.5) is 0 Å². The molecule has 0 unspecified atom stereocenters. The normalized spacial score (nSPS) is 12.2. The average molecular weight is 249 g/mol. The maximum Gasteiger partial charge on any atom is 0.125 e. The predicted octanol–water partition coefficient (Wildman–Crippen LogP) is 1.74. The van der Waals surface area contributed by atoms with Crippen LogP contribution in [0.15, 0.2) is 29.3 Å². The molecule has 0 radical (unpaired) electrons. The zero-order valence-electron chi connectivity index (χ0n) is 11.7. The van der Waals surface area contributed by atoms with E-state index >= 15 is 0 Å². The molecule has 0 aliphatic carbocycles. The van der Waals surface area contributed by atoms with Crippen LogP contribution in [0.2, 0.25) is 0 Å². The van der Waals surface area contributed by atoms with Crippen LogP contribution in [0.25, 0.3) is 0 Å². The maximum absolute atomic E-state index is 5.92. The highest BCUT2D eigenvalue weighted by molar-refractivity contribution is 5.97. The molecule has 0 spiro atoms. The first-order chi connectivity index (χ1) is 8.49. The zero-order valence-corrected chi connectivity index (χ0v) is 11.7. The molecular formula is C14H23N3O. The second-order valence-corrected chi connectivity index (χ2v) is 4.76. The lowest BCUT2D eigenvalue weighted by molar-refractivity contribution is 0.242. The number of aliphatic imine (C=N–C) groups is 1. The van der Waals surface area contributed by atoms with Gasteiger partial charge in [0.15, 0.2) is 0 Å². The lowest BCUT2D eigenvalue weighted by atomic mass is 10.2. The first-order valence-electron chi connectivity index (χ1n) is 6.21. The fourth-order valence-electron chi connectivity index (χ4n) is 1.44. The molecule has 4 nitrogen and oxygen atoms in total. The molecule has 100 valence electrons.